The molecular weight excluding hydrogens is 248 g/mol. The Bertz CT molecular complexity index is 299. The van der Waals surface area contributed by atoms with Gasteiger partial charge in [-0.05, 0) is 12.8 Å². The molecule has 4 atom stereocenters. The van der Waals surface area contributed by atoms with Crippen molar-refractivity contribution in [2.75, 3.05) is 0 Å². The molecule has 0 aromatic carbocycles. The number of nitroso groups, excluding NO2 is 4. The third kappa shape index (κ3) is 1.80. The van der Waals surface area contributed by atoms with Crippen molar-refractivity contribution < 1.29 is 0 Å². The van der Waals surface area contributed by atoms with Gasteiger partial charge in [0.05, 0.1) is 10.6 Å². The lowest BCUT2D eigenvalue weighted by atomic mass is 9.83. The van der Waals surface area contributed by atoms with Gasteiger partial charge in [0, 0.05) is 0 Å². The first-order valence-electron chi connectivity index (χ1n) is 5.18. The van der Waals surface area contributed by atoms with Gasteiger partial charge in [0.1, 0.15) is 24.2 Å². The summed E-state index contributed by atoms with van der Waals surface area (Å²) in [6.07, 6.45) is 0.558. The minimum atomic E-state index is -0.879. The molecule has 98 valence electrons. The van der Waals surface area contributed by atoms with Gasteiger partial charge in [0.25, 0.3) is 0 Å². The van der Waals surface area contributed by atoms with Crippen molar-refractivity contribution in [3.05, 3.63) is 19.6 Å². The van der Waals surface area contributed by atoms with E-state index in [1.54, 1.807) is 0 Å². The predicted octanol–water partition coefficient (Wildman–Crippen LogP) is -0.308. The number of hydrogen-bond donors (Lipinski definition) is 2. The molecule has 0 radical (unpaired) electrons. The summed E-state index contributed by atoms with van der Waals surface area (Å²) in [4.78, 5) is 42.8. The highest BCUT2D eigenvalue weighted by Crippen LogP contribution is 2.32. The second-order valence-corrected chi connectivity index (χ2v) is 3.98. The molecule has 18 heavy (non-hydrogen) atoms. The highest BCUT2D eigenvalue weighted by atomic mass is 16.3. The van der Waals surface area contributed by atoms with Crippen LogP contribution in [0.15, 0.2) is 20.9 Å². The zero-order valence-corrected chi connectivity index (χ0v) is 9.04. The summed E-state index contributed by atoms with van der Waals surface area (Å²) < 4.78 is 0. The third-order valence-electron chi connectivity index (χ3n) is 3.19. The molecule has 2 fully saturated rings. The van der Waals surface area contributed by atoms with Crippen LogP contribution in [0.5, 0.6) is 0 Å². The van der Waals surface area contributed by atoms with E-state index in [0.717, 1.165) is 10.2 Å². The van der Waals surface area contributed by atoms with Crippen LogP contribution in [-0.4, -0.2) is 34.4 Å². The molecular formula is C6H10N8O4. The quantitative estimate of drug-likeness (QED) is 0.652. The number of nitrogens with zero attached hydrogens (tertiary/aromatic N) is 6. The van der Waals surface area contributed by atoms with Crippen LogP contribution in [0.3, 0.4) is 0 Å². The van der Waals surface area contributed by atoms with Gasteiger partial charge >= 0.3 is 0 Å². The van der Waals surface area contributed by atoms with Crippen LogP contribution >= 0.6 is 0 Å². The molecule has 0 aromatic heterocycles. The van der Waals surface area contributed by atoms with Crippen LogP contribution in [0.1, 0.15) is 12.8 Å². The number of rotatable bonds is 4. The Morgan fingerprint density at radius 3 is 1.44 bits per heavy atom. The molecule has 4 unspecified atom stereocenters. The Kier molecular flexibility index (Phi) is 3.47. The standard InChI is InChI=1S/C6H10N8O4/c15-7-3-1-2-4(8-16)6-5(3)13(11-17)9-10-14(6)12-18/h3-6,9-10H,1-2H2. The highest BCUT2D eigenvalue weighted by molar-refractivity contribution is 5.03. The van der Waals surface area contributed by atoms with E-state index in [1.807, 2.05) is 0 Å². The fourth-order valence-corrected chi connectivity index (χ4v) is 2.38. The monoisotopic (exact) mass is 258 g/mol. The molecule has 1 heterocycles. The average molecular weight is 258 g/mol. The molecule has 1 saturated heterocycles. The van der Waals surface area contributed by atoms with Gasteiger partial charge in [-0.3, -0.25) is 0 Å². The van der Waals surface area contributed by atoms with Crippen molar-refractivity contribution in [1.29, 1.82) is 0 Å². The van der Waals surface area contributed by atoms with E-state index < -0.39 is 24.2 Å². The minimum Gasteiger partial charge on any atom is -0.170 e. The van der Waals surface area contributed by atoms with Crippen LogP contribution in [0, 0.1) is 19.6 Å². The van der Waals surface area contributed by atoms with Crippen LogP contribution in [0.4, 0.5) is 0 Å². The second-order valence-electron chi connectivity index (χ2n) is 3.98. The van der Waals surface area contributed by atoms with E-state index >= 15 is 0 Å². The summed E-state index contributed by atoms with van der Waals surface area (Å²) in [7, 11) is 0. The van der Waals surface area contributed by atoms with E-state index in [-0.39, 0.29) is 12.8 Å². The van der Waals surface area contributed by atoms with Crippen molar-refractivity contribution in [3.8, 4) is 0 Å². The van der Waals surface area contributed by atoms with E-state index in [2.05, 4.69) is 32.0 Å². The van der Waals surface area contributed by atoms with E-state index in [4.69, 9.17) is 0 Å². The van der Waals surface area contributed by atoms with Crippen molar-refractivity contribution in [1.82, 2.24) is 21.3 Å². The van der Waals surface area contributed by atoms with Gasteiger partial charge in [0.15, 0.2) is 0 Å². The Morgan fingerprint density at radius 1 is 0.778 bits per heavy atom. The maximum absolute atomic E-state index is 10.8. The molecule has 12 nitrogen and oxygen atoms in total. The Morgan fingerprint density at radius 2 is 1.17 bits per heavy atom. The van der Waals surface area contributed by atoms with Crippen LogP contribution in [-0.2, 0) is 0 Å². The third-order valence-corrected chi connectivity index (χ3v) is 3.19. The summed E-state index contributed by atoms with van der Waals surface area (Å²) in [5.74, 6) is 0. The zero-order valence-electron chi connectivity index (χ0n) is 9.04. The summed E-state index contributed by atoms with van der Waals surface area (Å²) in [5, 5.41) is 12.7. The molecule has 1 aliphatic heterocycles. The summed E-state index contributed by atoms with van der Waals surface area (Å²) in [6.45, 7) is 0. The molecule has 1 saturated carbocycles. The lowest BCUT2D eigenvalue weighted by molar-refractivity contribution is -0.118. The van der Waals surface area contributed by atoms with Gasteiger partial charge < -0.3 is 0 Å². The number of fused-ring (bicyclic) bond motifs is 1. The van der Waals surface area contributed by atoms with Gasteiger partial charge in [-0.1, -0.05) is 10.4 Å². The lowest BCUT2D eigenvalue weighted by Gasteiger charge is -2.47. The molecule has 0 spiro atoms. The SMILES string of the molecule is O=NC1CCC(N=O)C2C1N(N=O)NNN2N=O. The highest BCUT2D eigenvalue weighted by Gasteiger charge is 2.51. The molecule has 0 amide bonds. The molecule has 2 rings (SSSR count). The smallest absolute Gasteiger partial charge is 0.121 e. The normalized spacial score (nSPS) is 35.6. The molecule has 0 aromatic rings. The maximum atomic E-state index is 10.8. The number of hydrazine groups is 3. The van der Waals surface area contributed by atoms with Crippen molar-refractivity contribution in [2.45, 2.75) is 37.0 Å². The van der Waals surface area contributed by atoms with Crippen molar-refractivity contribution in [3.63, 3.8) is 0 Å². The van der Waals surface area contributed by atoms with Gasteiger partial charge in [-0.15, -0.1) is 20.9 Å². The second kappa shape index (κ2) is 5.05. The first kappa shape index (κ1) is 12.4. The first-order chi connectivity index (χ1) is 8.76. The fraction of sp³-hybridized carbons (Fsp3) is 1.00. The fourth-order valence-electron chi connectivity index (χ4n) is 2.38. The van der Waals surface area contributed by atoms with Gasteiger partial charge in [-0.2, -0.15) is 20.0 Å². The van der Waals surface area contributed by atoms with E-state index in [9.17, 15) is 19.6 Å². The zero-order chi connectivity index (χ0) is 13.1. The summed E-state index contributed by atoms with van der Waals surface area (Å²) in [5.41, 5.74) is 4.54. The van der Waals surface area contributed by atoms with E-state index in [0.29, 0.717) is 0 Å². The van der Waals surface area contributed by atoms with Crippen LogP contribution in [0.2, 0.25) is 0 Å². The Balaban J connectivity index is 2.35. The lowest BCUT2D eigenvalue weighted by Crippen LogP contribution is -2.74. The van der Waals surface area contributed by atoms with Crippen molar-refractivity contribution >= 4 is 0 Å². The minimum absolute atomic E-state index is 0.279. The molecule has 2 aliphatic rings. The number of hydrogen-bond acceptors (Lipinski definition) is 10. The van der Waals surface area contributed by atoms with Crippen LogP contribution < -0.4 is 11.1 Å². The summed E-state index contributed by atoms with van der Waals surface area (Å²) in [6, 6.07) is -3.33. The Labute approximate surface area is 99.8 Å². The van der Waals surface area contributed by atoms with Crippen LogP contribution in [0.25, 0.3) is 0 Å². The van der Waals surface area contributed by atoms with Gasteiger partial charge in [-0.25, -0.2) is 0 Å². The predicted molar refractivity (Wildman–Crippen MR) is 57.5 cm³/mol. The Hall–Kier alpha value is -2.08. The summed E-state index contributed by atoms with van der Waals surface area (Å²) >= 11 is 0. The average Bonchev–Trinajstić information content (AvgIpc) is 2.44. The molecule has 2 N–H and O–H groups in total. The van der Waals surface area contributed by atoms with E-state index in [1.165, 1.54) is 0 Å². The maximum Gasteiger partial charge on any atom is 0.121 e. The van der Waals surface area contributed by atoms with Gasteiger partial charge in [0.2, 0.25) is 0 Å². The molecule has 1 aliphatic carbocycles. The molecule has 12 heteroatoms. The van der Waals surface area contributed by atoms with Crippen molar-refractivity contribution in [2.24, 2.45) is 20.9 Å². The molecule has 0 bridgehead atoms. The topological polar surface area (TPSA) is 148 Å². The first-order valence-corrected chi connectivity index (χ1v) is 5.18. The number of nitrogens with one attached hydrogen (secondary N) is 2. The largest absolute Gasteiger partial charge is 0.170 e.